The van der Waals surface area contributed by atoms with E-state index < -0.39 is 0 Å². The van der Waals surface area contributed by atoms with Crippen molar-refractivity contribution >= 4 is 11.6 Å². The third-order valence-corrected chi connectivity index (χ3v) is 4.41. The summed E-state index contributed by atoms with van der Waals surface area (Å²) in [5, 5.41) is 0. The highest BCUT2D eigenvalue weighted by atomic mass is 19.1. The smallest absolute Gasteiger partial charge is 0.231 e. The maximum atomic E-state index is 13.0. The average Bonchev–Trinajstić information content (AvgIpc) is 2.55. The molecule has 0 fully saturated rings. The molecule has 1 amide bonds. The van der Waals surface area contributed by atoms with Gasteiger partial charge in [0.05, 0.1) is 6.42 Å². The minimum atomic E-state index is -0.279. The van der Waals surface area contributed by atoms with E-state index in [0.717, 1.165) is 17.7 Å². The maximum Gasteiger partial charge on any atom is 0.231 e. The van der Waals surface area contributed by atoms with Gasteiger partial charge in [-0.05, 0) is 49.8 Å². The number of benzene rings is 2. The van der Waals surface area contributed by atoms with Crippen molar-refractivity contribution in [3.63, 3.8) is 0 Å². The summed E-state index contributed by atoms with van der Waals surface area (Å²) < 4.78 is 13.0. The van der Waals surface area contributed by atoms with Crippen LogP contribution >= 0.6 is 0 Å². The number of hydrogen-bond acceptors (Lipinski definition) is 2. The standard InChI is InChI=1S/C19H21FN2O/c1-21(2)17-11-12-22(18-6-4-3-5-16(17)18)19(23)13-14-7-9-15(20)10-8-14/h3-10,17H,11-13H2,1-2H3. The molecule has 1 atom stereocenters. The molecule has 0 N–H and O–H groups in total. The van der Waals surface area contributed by atoms with Crippen LogP contribution < -0.4 is 4.90 Å². The number of fused-ring (bicyclic) bond motifs is 1. The van der Waals surface area contributed by atoms with E-state index in [1.807, 2.05) is 23.1 Å². The van der Waals surface area contributed by atoms with Gasteiger partial charge >= 0.3 is 0 Å². The lowest BCUT2D eigenvalue weighted by atomic mass is 9.95. The van der Waals surface area contributed by atoms with E-state index in [2.05, 4.69) is 25.1 Å². The summed E-state index contributed by atoms with van der Waals surface area (Å²) in [5.74, 6) is -0.223. The highest BCUT2D eigenvalue weighted by Crippen LogP contribution is 2.36. The number of carbonyl (C=O) groups excluding carboxylic acids is 1. The molecular formula is C19H21FN2O. The number of nitrogens with zero attached hydrogens (tertiary/aromatic N) is 2. The Morgan fingerprint density at radius 2 is 1.87 bits per heavy atom. The van der Waals surface area contributed by atoms with Gasteiger partial charge in [-0.25, -0.2) is 4.39 Å². The fourth-order valence-corrected chi connectivity index (χ4v) is 3.21. The van der Waals surface area contributed by atoms with Crippen molar-refractivity contribution in [1.29, 1.82) is 0 Å². The predicted molar refractivity (Wildman–Crippen MR) is 89.9 cm³/mol. The van der Waals surface area contributed by atoms with E-state index in [1.54, 1.807) is 12.1 Å². The molecule has 1 unspecified atom stereocenters. The highest BCUT2D eigenvalue weighted by Gasteiger charge is 2.29. The van der Waals surface area contributed by atoms with Crippen molar-refractivity contribution in [3.05, 3.63) is 65.5 Å². The Morgan fingerprint density at radius 1 is 1.17 bits per heavy atom. The van der Waals surface area contributed by atoms with Gasteiger partial charge < -0.3 is 9.80 Å². The summed E-state index contributed by atoms with van der Waals surface area (Å²) in [4.78, 5) is 16.8. The number of carbonyl (C=O) groups is 1. The van der Waals surface area contributed by atoms with E-state index in [1.165, 1.54) is 17.7 Å². The first-order valence-corrected chi connectivity index (χ1v) is 7.86. The Labute approximate surface area is 136 Å². The van der Waals surface area contributed by atoms with E-state index in [0.29, 0.717) is 19.0 Å². The molecule has 3 rings (SSSR count). The van der Waals surface area contributed by atoms with Crippen LogP contribution in [0.5, 0.6) is 0 Å². The summed E-state index contributed by atoms with van der Waals surface area (Å²) >= 11 is 0. The molecule has 1 aliphatic heterocycles. The van der Waals surface area contributed by atoms with Crippen LogP contribution in [-0.2, 0) is 11.2 Å². The van der Waals surface area contributed by atoms with Gasteiger partial charge in [0.1, 0.15) is 5.82 Å². The number of anilines is 1. The second-order valence-corrected chi connectivity index (χ2v) is 6.18. The van der Waals surface area contributed by atoms with Gasteiger partial charge in [0, 0.05) is 18.3 Å². The van der Waals surface area contributed by atoms with Crippen molar-refractivity contribution in [3.8, 4) is 0 Å². The van der Waals surface area contributed by atoms with Crippen LogP contribution in [-0.4, -0.2) is 31.4 Å². The summed E-state index contributed by atoms with van der Waals surface area (Å²) in [6, 6.07) is 14.6. The zero-order valence-corrected chi connectivity index (χ0v) is 13.5. The summed E-state index contributed by atoms with van der Waals surface area (Å²) in [7, 11) is 4.13. The van der Waals surface area contributed by atoms with Gasteiger partial charge in [0.15, 0.2) is 0 Å². The Bertz CT molecular complexity index is 697. The van der Waals surface area contributed by atoms with E-state index >= 15 is 0 Å². The number of rotatable bonds is 3. The van der Waals surface area contributed by atoms with Crippen LogP contribution in [0.2, 0.25) is 0 Å². The summed E-state index contributed by atoms with van der Waals surface area (Å²) in [6.45, 7) is 0.708. The van der Waals surface area contributed by atoms with Crippen molar-refractivity contribution < 1.29 is 9.18 Å². The Morgan fingerprint density at radius 3 is 2.57 bits per heavy atom. The third kappa shape index (κ3) is 3.27. The first-order valence-electron chi connectivity index (χ1n) is 7.86. The Balaban J connectivity index is 1.84. The van der Waals surface area contributed by atoms with Crippen molar-refractivity contribution in [2.45, 2.75) is 18.9 Å². The van der Waals surface area contributed by atoms with Gasteiger partial charge in [-0.15, -0.1) is 0 Å². The zero-order valence-electron chi connectivity index (χ0n) is 13.5. The second kappa shape index (κ2) is 6.50. The molecule has 4 heteroatoms. The van der Waals surface area contributed by atoms with Gasteiger partial charge in [-0.1, -0.05) is 30.3 Å². The molecule has 1 heterocycles. The minimum Gasteiger partial charge on any atom is -0.312 e. The fraction of sp³-hybridized carbons (Fsp3) is 0.316. The third-order valence-electron chi connectivity index (χ3n) is 4.41. The Kier molecular flexibility index (Phi) is 4.44. The van der Waals surface area contributed by atoms with Crippen LogP contribution in [0, 0.1) is 5.82 Å². The molecule has 0 aromatic heterocycles. The van der Waals surface area contributed by atoms with E-state index in [9.17, 15) is 9.18 Å². The molecular weight excluding hydrogens is 291 g/mol. The summed E-state index contributed by atoms with van der Waals surface area (Å²) in [6.07, 6.45) is 1.21. The molecule has 1 aliphatic rings. The normalized spacial score (nSPS) is 17.2. The molecule has 0 radical (unpaired) electrons. The maximum absolute atomic E-state index is 13.0. The average molecular weight is 312 g/mol. The van der Waals surface area contributed by atoms with Crippen molar-refractivity contribution in [2.75, 3.05) is 25.5 Å². The Hall–Kier alpha value is -2.20. The van der Waals surface area contributed by atoms with Crippen LogP contribution in [0.15, 0.2) is 48.5 Å². The second-order valence-electron chi connectivity index (χ2n) is 6.18. The lowest BCUT2D eigenvalue weighted by Gasteiger charge is -2.37. The van der Waals surface area contributed by atoms with Crippen LogP contribution in [0.1, 0.15) is 23.6 Å². The van der Waals surface area contributed by atoms with Gasteiger partial charge in [-0.2, -0.15) is 0 Å². The van der Waals surface area contributed by atoms with Gasteiger partial charge in [-0.3, -0.25) is 4.79 Å². The van der Waals surface area contributed by atoms with Crippen LogP contribution in [0.4, 0.5) is 10.1 Å². The first kappa shape index (κ1) is 15.7. The molecule has 2 aromatic rings. The first-order chi connectivity index (χ1) is 11.1. The molecule has 2 aromatic carbocycles. The zero-order chi connectivity index (χ0) is 16.4. The topological polar surface area (TPSA) is 23.6 Å². The molecule has 0 spiro atoms. The minimum absolute atomic E-state index is 0.0567. The van der Waals surface area contributed by atoms with Crippen molar-refractivity contribution in [1.82, 2.24) is 4.90 Å². The molecule has 0 saturated heterocycles. The van der Waals surface area contributed by atoms with Gasteiger partial charge in [0.25, 0.3) is 0 Å². The largest absolute Gasteiger partial charge is 0.312 e. The number of amides is 1. The van der Waals surface area contributed by atoms with Crippen LogP contribution in [0.25, 0.3) is 0 Å². The molecule has 120 valence electrons. The SMILES string of the molecule is CN(C)C1CCN(C(=O)Cc2ccc(F)cc2)c2ccccc21. The number of halogens is 1. The lowest BCUT2D eigenvalue weighted by Crippen LogP contribution is -2.40. The lowest BCUT2D eigenvalue weighted by molar-refractivity contribution is -0.118. The van der Waals surface area contributed by atoms with Crippen LogP contribution in [0.3, 0.4) is 0 Å². The van der Waals surface area contributed by atoms with Crippen molar-refractivity contribution in [2.24, 2.45) is 0 Å². The van der Waals surface area contributed by atoms with E-state index in [4.69, 9.17) is 0 Å². The van der Waals surface area contributed by atoms with Gasteiger partial charge in [0.2, 0.25) is 5.91 Å². The predicted octanol–water partition coefficient (Wildman–Crippen LogP) is 3.41. The molecule has 0 saturated carbocycles. The molecule has 0 aliphatic carbocycles. The summed E-state index contributed by atoms with van der Waals surface area (Å²) in [5.41, 5.74) is 3.02. The quantitative estimate of drug-likeness (QED) is 0.867. The molecule has 0 bridgehead atoms. The molecule has 3 nitrogen and oxygen atoms in total. The number of para-hydroxylation sites is 1. The number of hydrogen-bond donors (Lipinski definition) is 0. The van der Waals surface area contributed by atoms with E-state index in [-0.39, 0.29) is 11.7 Å². The fourth-order valence-electron chi connectivity index (χ4n) is 3.21. The highest BCUT2D eigenvalue weighted by molar-refractivity contribution is 5.96. The monoisotopic (exact) mass is 312 g/mol. The molecule has 23 heavy (non-hydrogen) atoms.